The van der Waals surface area contributed by atoms with Gasteiger partial charge in [0.25, 0.3) is 0 Å². The van der Waals surface area contributed by atoms with Gasteiger partial charge in [-0.25, -0.2) is 4.79 Å². The quantitative estimate of drug-likeness (QED) is 0.755. The maximum Gasteiger partial charge on any atom is 0.408 e. The van der Waals surface area contributed by atoms with Gasteiger partial charge in [-0.1, -0.05) is 30.3 Å². The Labute approximate surface area is 132 Å². The average molecular weight is 309 g/mol. The Morgan fingerprint density at radius 2 is 1.82 bits per heavy atom. The van der Waals surface area contributed by atoms with Crippen molar-refractivity contribution >= 4 is 6.09 Å². The number of hydrogen-bond donors (Lipinski definition) is 3. The van der Waals surface area contributed by atoms with Crippen molar-refractivity contribution in [1.82, 2.24) is 5.32 Å². The van der Waals surface area contributed by atoms with Gasteiger partial charge in [-0.3, -0.25) is 0 Å². The second-order valence-electron chi connectivity index (χ2n) is 6.67. The molecule has 0 saturated carbocycles. The van der Waals surface area contributed by atoms with Gasteiger partial charge in [-0.05, 0) is 46.1 Å². The molecule has 1 aromatic rings. The van der Waals surface area contributed by atoms with E-state index in [9.17, 15) is 9.90 Å². The van der Waals surface area contributed by atoms with E-state index in [0.29, 0.717) is 12.8 Å². The van der Waals surface area contributed by atoms with Crippen LogP contribution in [0.15, 0.2) is 30.3 Å². The number of benzene rings is 1. The summed E-state index contributed by atoms with van der Waals surface area (Å²) in [6, 6.07) is 8.64. The molecule has 0 heterocycles. The van der Waals surface area contributed by atoms with Crippen LogP contribution in [-0.2, 0) is 4.74 Å². The minimum atomic E-state index is -1.19. The van der Waals surface area contributed by atoms with Crippen molar-refractivity contribution in [3.63, 3.8) is 0 Å². The molecule has 3 N–H and O–H groups in total. The Balaban J connectivity index is 2.95. The molecule has 2 atom stereocenters. The molecule has 5 nitrogen and oxygen atoms in total. The maximum atomic E-state index is 12.1. The van der Waals surface area contributed by atoms with E-state index < -0.39 is 23.3 Å². The van der Waals surface area contributed by atoms with E-state index in [-0.39, 0.29) is 6.61 Å². The summed E-state index contributed by atoms with van der Waals surface area (Å²) in [7, 11) is 0. The first-order valence-electron chi connectivity index (χ1n) is 7.53. The van der Waals surface area contributed by atoms with Crippen molar-refractivity contribution in [3.8, 4) is 0 Å². The molecule has 22 heavy (non-hydrogen) atoms. The van der Waals surface area contributed by atoms with Gasteiger partial charge >= 0.3 is 6.09 Å². The first kappa shape index (κ1) is 18.5. The maximum absolute atomic E-state index is 12.1. The lowest BCUT2D eigenvalue weighted by molar-refractivity contribution is -0.00481. The molecule has 0 saturated heterocycles. The predicted octanol–water partition coefficient (Wildman–Crippen LogP) is 2.78. The first-order chi connectivity index (χ1) is 10.2. The van der Waals surface area contributed by atoms with Crippen molar-refractivity contribution in [2.45, 2.75) is 57.8 Å². The summed E-state index contributed by atoms with van der Waals surface area (Å²) in [6.45, 7) is 7.00. The Bertz CT molecular complexity index is 465. The summed E-state index contributed by atoms with van der Waals surface area (Å²) in [5.74, 6) is 0. The molecular formula is C17H27NO4. The molecule has 1 amide bonds. The Morgan fingerprint density at radius 1 is 1.23 bits per heavy atom. The fourth-order valence-electron chi connectivity index (χ4n) is 2.25. The highest BCUT2D eigenvalue weighted by Crippen LogP contribution is 2.30. The third-order valence-corrected chi connectivity index (χ3v) is 3.26. The lowest BCUT2D eigenvalue weighted by Crippen LogP contribution is -2.45. The normalized spacial score (nSPS) is 15.7. The van der Waals surface area contributed by atoms with Gasteiger partial charge < -0.3 is 20.3 Å². The number of carbonyl (C=O) groups is 1. The van der Waals surface area contributed by atoms with Crippen LogP contribution >= 0.6 is 0 Å². The number of nitrogens with one attached hydrogen (secondary N) is 1. The fourth-order valence-corrected chi connectivity index (χ4v) is 2.25. The molecule has 1 rings (SSSR count). The summed E-state index contributed by atoms with van der Waals surface area (Å²) in [6.07, 6.45) is 0.233. The largest absolute Gasteiger partial charge is 0.444 e. The summed E-state index contributed by atoms with van der Waals surface area (Å²) in [5.41, 5.74) is -1.01. The molecule has 0 aromatic heterocycles. The summed E-state index contributed by atoms with van der Waals surface area (Å²) < 4.78 is 5.28. The van der Waals surface area contributed by atoms with Gasteiger partial charge in [-0.2, -0.15) is 0 Å². The van der Waals surface area contributed by atoms with E-state index in [1.54, 1.807) is 27.7 Å². The standard InChI is InChI=1S/C17H27NO4/c1-16(2,3)22-15(20)18-14(13-9-6-5-7-10-13)17(4,21)11-8-12-19/h5-7,9-10,14,19,21H,8,11-12H2,1-4H3,(H,18,20). The van der Waals surface area contributed by atoms with Gasteiger partial charge in [0.15, 0.2) is 0 Å². The highest BCUT2D eigenvalue weighted by molar-refractivity contribution is 5.68. The molecule has 0 aliphatic heterocycles. The van der Waals surface area contributed by atoms with Crippen molar-refractivity contribution in [3.05, 3.63) is 35.9 Å². The van der Waals surface area contributed by atoms with Crippen LogP contribution in [0.2, 0.25) is 0 Å². The zero-order valence-corrected chi connectivity index (χ0v) is 13.8. The van der Waals surface area contributed by atoms with Gasteiger partial charge in [0, 0.05) is 6.61 Å². The molecule has 0 aliphatic rings. The van der Waals surface area contributed by atoms with Crippen LogP contribution in [0.3, 0.4) is 0 Å². The van der Waals surface area contributed by atoms with Crippen molar-refractivity contribution in [1.29, 1.82) is 0 Å². The number of hydrogen-bond acceptors (Lipinski definition) is 4. The number of alkyl carbamates (subject to hydrolysis) is 1. The minimum Gasteiger partial charge on any atom is -0.444 e. The smallest absolute Gasteiger partial charge is 0.408 e. The molecule has 0 fully saturated rings. The number of amides is 1. The molecule has 124 valence electrons. The van der Waals surface area contributed by atoms with Crippen LogP contribution in [0.4, 0.5) is 4.79 Å². The van der Waals surface area contributed by atoms with E-state index in [2.05, 4.69) is 5.32 Å². The monoisotopic (exact) mass is 309 g/mol. The molecule has 0 spiro atoms. The lowest BCUT2D eigenvalue weighted by Gasteiger charge is -2.34. The SMILES string of the molecule is CC(C)(C)OC(=O)NC(c1ccccc1)C(C)(O)CCCO. The van der Waals surface area contributed by atoms with Gasteiger partial charge in [0.05, 0.1) is 11.6 Å². The van der Waals surface area contributed by atoms with Crippen molar-refractivity contribution in [2.75, 3.05) is 6.61 Å². The third-order valence-electron chi connectivity index (χ3n) is 3.26. The van der Waals surface area contributed by atoms with E-state index in [1.807, 2.05) is 30.3 Å². The van der Waals surface area contributed by atoms with E-state index in [4.69, 9.17) is 9.84 Å². The molecule has 5 heteroatoms. The number of carbonyl (C=O) groups excluding carboxylic acids is 1. The molecule has 0 radical (unpaired) electrons. The van der Waals surface area contributed by atoms with Crippen molar-refractivity contribution in [2.24, 2.45) is 0 Å². The second-order valence-corrected chi connectivity index (χ2v) is 6.67. The topological polar surface area (TPSA) is 78.8 Å². The highest BCUT2D eigenvalue weighted by atomic mass is 16.6. The van der Waals surface area contributed by atoms with Crippen LogP contribution in [0, 0.1) is 0 Å². The lowest BCUT2D eigenvalue weighted by atomic mass is 9.86. The Hall–Kier alpha value is -1.59. The third kappa shape index (κ3) is 6.03. The molecular weight excluding hydrogens is 282 g/mol. The van der Waals surface area contributed by atoms with Crippen LogP contribution in [-0.4, -0.2) is 34.1 Å². The zero-order chi connectivity index (χ0) is 16.8. The number of rotatable bonds is 6. The second kappa shape index (κ2) is 7.61. The predicted molar refractivity (Wildman–Crippen MR) is 85.5 cm³/mol. The van der Waals surface area contributed by atoms with E-state index >= 15 is 0 Å². The van der Waals surface area contributed by atoms with E-state index in [1.165, 1.54) is 0 Å². The highest BCUT2D eigenvalue weighted by Gasteiger charge is 2.35. The molecule has 2 unspecified atom stereocenters. The van der Waals surface area contributed by atoms with E-state index in [0.717, 1.165) is 5.56 Å². The molecule has 1 aromatic carbocycles. The van der Waals surface area contributed by atoms with Crippen molar-refractivity contribution < 1.29 is 19.7 Å². The van der Waals surface area contributed by atoms with Crippen LogP contribution in [0.5, 0.6) is 0 Å². The van der Waals surface area contributed by atoms with Crippen LogP contribution in [0.1, 0.15) is 52.1 Å². The first-order valence-corrected chi connectivity index (χ1v) is 7.53. The summed E-state index contributed by atoms with van der Waals surface area (Å²) in [4.78, 5) is 12.1. The zero-order valence-electron chi connectivity index (χ0n) is 13.8. The fraction of sp³-hybridized carbons (Fsp3) is 0.588. The summed E-state index contributed by atoms with van der Waals surface area (Å²) in [5, 5.41) is 22.5. The number of aliphatic hydroxyl groups is 2. The average Bonchev–Trinajstić information content (AvgIpc) is 2.41. The van der Waals surface area contributed by atoms with Gasteiger partial charge in [-0.15, -0.1) is 0 Å². The van der Waals surface area contributed by atoms with Crippen LogP contribution in [0.25, 0.3) is 0 Å². The molecule has 0 aliphatic carbocycles. The Morgan fingerprint density at radius 3 is 2.32 bits per heavy atom. The summed E-state index contributed by atoms with van der Waals surface area (Å²) >= 11 is 0. The molecule has 0 bridgehead atoms. The minimum absolute atomic E-state index is 0.00982. The van der Waals surface area contributed by atoms with Gasteiger partial charge in [0.1, 0.15) is 5.60 Å². The Kier molecular flexibility index (Phi) is 6.38. The van der Waals surface area contributed by atoms with Gasteiger partial charge in [0.2, 0.25) is 0 Å². The number of ether oxygens (including phenoxy) is 1. The van der Waals surface area contributed by atoms with Crippen LogP contribution < -0.4 is 5.32 Å². The number of aliphatic hydroxyl groups excluding tert-OH is 1.